The number of rotatable bonds is 18. The molecule has 3 aromatic rings. The molecule has 4 unspecified atom stereocenters. The number of benzene rings is 3. The number of hydroxylamine groups is 1. The molecule has 4 atom stereocenters. The van der Waals surface area contributed by atoms with Crippen molar-refractivity contribution in [3.8, 4) is 17.2 Å². The summed E-state index contributed by atoms with van der Waals surface area (Å²) in [4.78, 5) is 5.99. The predicted octanol–water partition coefficient (Wildman–Crippen LogP) is 8.86. The summed E-state index contributed by atoms with van der Waals surface area (Å²) in [5, 5.41) is 19.9. The molecular weight excluding hydrogens is 653 g/mol. The van der Waals surface area contributed by atoms with Crippen molar-refractivity contribution in [3.63, 3.8) is 0 Å². The molecule has 1 aliphatic rings. The third-order valence-corrected chi connectivity index (χ3v) is 10.5. The first kappa shape index (κ1) is 37.8. The smallest absolute Gasteiger partial charge is 0.453 e. The van der Waals surface area contributed by atoms with Gasteiger partial charge in [-0.3, -0.25) is 4.84 Å². The van der Waals surface area contributed by atoms with Crippen molar-refractivity contribution in [2.75, 3.05) is 24.7 Å². The highest BCUT2D eigenvalue weighted by Crippen LogP contribution is 2.49. The predicted molar refractivity (Wildman–Crippen MR) is 176 cm³/mol. The molecule has 0 amide bonds. The molecule has 12 heteroatoms. The summed E-state index contributed by atoms with van der Waals surface area (Å²) < 4.78 is 81.8. The molecule has 0 saturated heterocycles. The van der Waals surface area contributed by atoms with Gasteiger partial charge in [0.2, 0.25) is 0 Å². The van der Waals surface area contributed by atoms with Gasteiger partial charge in [0.25, 0.3) is 0 Å². The maximum atomic E-state index is 13.1. The van der Waals surface area contributed by atoms with Crippen LogP contribution in [0.15, 0.2) is 72.8 Å². The second-order valence-corrected chi connectivity index (χ2v) is 14.3. The Morgan fingerprint density at radius 1 is 0.917 bits per heavy atom. The number of phenols is 2. The molecule has 0 saturated carbocycles. The summed E-state index contributed by atoms with van der Waals surface area (Å²) >= 11 is -1.51. The zero-order valence-corrected chi connectivity index (χ0v) is 27.8. The minimum atomic E-state index is -5.60. The van der Waals surface area contributed by atoms with Crippen LogP contribution in [-0.2, 0) is 21.4 Å². The first-order valence-corrected chi connectivity index (χ1v) is 17.8. The minimum Gasteiger partial charge on any atom is -0.616 e. The average Bonchev–Trinajstić information content (AvgIpc) is 3.04. The lowest BCUT2D eigenvalue weighted by Crippen LogP contribution is -2.40. The van der Waals surface area contributed by atoms with E-state index in [1.807, 2.05) is 48.5 Å². The van der Waals surface area contributed by atoms with Gasteiger partial charge in [-0.2, -0.15) is 22.0 Å². The molecule has 48 heavy (non-hydrogen) atoms. The van der Waals surface area contributed by atoms with Crippen LogP contribution in [0.4, 0.5) is 22.0 Å². The standard InChI is InChI=1S/C36H44F5NO5S/c1-34(27-14-16-28(43)17-15-27)25-46-33-24-29(44)18-19-30(33)31(34)12-6-3-7-21-42-47-32(26-10-4-2-5-11-26)13-8-22-48(45)23-9-20-35(37,38)36(39,40)41/h2,4-5,10-11,14-19,24,31-32,42-44H,3,6-9,12-13,20-23,25H2,1H3. The van der Waals surface area contributed by atoms with Crippen molar-refractivity contribution in [2.24, 2.45) is 0 Å². The Hall–Kier alpha value is -3.06. The molecule has 264 valence electrons. The molecule has 0 bridgehead atoms. The van der Waals surface area contributed by atoms with Crippen LogP contribution in [0.5, 0.6) is 17.2 Å². The Morgan fingerprint density at radius 3 is 2.31 bits per heavy atom. The van der Waals surface area contributed by atoms with Gasteiger partial charge in [0, 0.05) is 30.4 Å². The number of aromatic hydroxyl groups is 2. The fourth-order valence-corrected chi connectivity index (χ4v) is 7.34. The van der Waals surface area contributed by atoms with Crippen molar-refractivity contribution in [3.05, 3.63) is 89.5 Å². The van der Waals surface area contributed by atoms with E-state index in [0.29, 0.717) is 31.7 Å². The molecule has 6 nitrogen and oxygen atoms in total. The van der Waals surface area contributed by atoms with Crippen LogP contribution in [0.25, 0.3) is 0 Å². The molecule has 0 aromatic heterocycles. The molecule has 3 aromatic carbocycles. The Kier molecular flexibility index (Phi) is 13.4. The summed E-state index contributed by atoms with van der Waals surface area (Å²) in [5.41, 5.74) is 5.75. The van der Waals surface area contributed by atoms with Gasteiger partial charge in [-0.15, -0.1) is 0 Å². The van der Waals surface area contributed by atoms with Crippen LogP contribution in [-0.4, -0.2) is 51.5 Å². The van der Waals surface area contributed by atoms with E-state index in [-0.39, 0.29) is 40.4 Å². The van der Waals surface area contributed by atoms with E-state index in [1.54, 1.807) is 24.3 Å². The van der Waals surface area contributed by atoms with E-state index < -0.39 is 36.1 Å². The highest BCUT2D eigenvalue weighted by molar-refractivity contribution is 7.91. The fourth-order valence-electron chi connectivity index (χ4n) is 6.18. The van der Waals surface area contributed by atoms with Gasteiger partial charge in [-0.25, -0.2) is 5.48 Å². The lowest BCUT2D eigenvalue weighted by molar-refractivity contribution is -0.284. The Balaban J connectivity index is 1.23. The van der Waals surface area contributed by atoms with Gasteiger partial charge in [0.05, 0.1) is 6.61 Å². The largest absolute Gasteiger partial charge is 0.616 e. The zero-order valence-electron chi connectivity index (χ0n) is 27.0. The number of alkyl halides is 5. The highest BCUT2D eigenvalue weighted by Gasteiger charge is 2.56. The Bertz CT molecular complexity index is 1410. The molecule has 1 heterocycles. The average molecular weight is 698 g/mol. The van der Waals surface area contributed by atoms with E-state index >= 15 is 0 Å². The van der Waals surface area contributed by atoms with Crippen molar-refractivity contribution >= 4 is 11.2 Å². The quantitative estimate of drug-likeness (QED) is 0.0532. The number of ether oxygens (including phenoxy) is 1. The van der Waals surface area contributed by atoms with Crippen LogP contribution in [0.1, 0.15) is 87.0 Å². The lowest BCUT2D eigenvalue weighted by Gasteiger charge is -2.43. The first-order chi connectivity index (χ1) is 22.8. The van der Waals surface area contributed by atoms with Crippen molar-refractivity contribution in [1.82, 2.24) is 5.48 Å². The second kappa shape index (κ2) is 17.0. The molecule has 0 spiro atoms. The number of hydrogen-bond donors (Lipinski definition) is 3. The van der Waals surface area contributed by atoms with E-state index in [4.69, 9.17) is 9.57 Å². The SMILES string of the molecule is CC1(c2ccc(O)cc2)COc2cc(O)ccc2C1CCCCCNOC(CCC[S+]([O-])CCCC(F)(F)C(F)(F)F)c1ccccc1. The summed E-state index contributed by atoms with van der Waals surface area (Å²) in [7, 11) is 0. The number of hydrogen-bond acceptors (Lipinski definition) is 6. The van der Waals surface area contributed by atoms with Crippen LogP contribution in [0.2, 0.25) is 0 Å². The summed E-state index contributed by atoms with van der Waals surface area (Å²) in [6.45, 7) is 3.20. The molecule has 3 N–H and O–H groups in total. The number of nitrogens with one attached hydrogen (secondary N) is 1. The van der Waals surface area contributed by atoms with Crippen LogP contribution in [0.3, 0.4) is 0 Å². The van der Waals surface area contributed by atoms with Crippen molar-refractivity contribution in [1.29, 1.82) is 0 Å². The Labute approximate surface area is 281 Å². The van der Waals surface area contributed by atoms with E-state index in [2.05, 4.69) is 12.4 Å². The number of unbranched alkanes of at least 4 members (excludes halogenated alkanes) is 2. The van der Waals surface area contributed by atoms with Crippen LogP contribution >= 0.6 is 0 Å². The monoisotopic (exact) mass is 697 g/mol. The zero-order chi connectivity index (χ0) is 34.8. The van der Waals surface area contributed by atoms with Crippen molar-refractivity contribution in [2.45, 2.75) is 87.8 Å². The lowest BCUT2D eigenvalue weighted by atomic mass is 9.66. The molecule has 4 rings (SSSR count). The van der Waals surface area contributed by atoms with Gasteiger partial charge >= 0.3 is 12.1 Å². The van der Waals surface area contributed by atoms with E-state index in [0.717, 1.165) is 42.4 Å². The van der Waals surface area contributed by atoms with Crippen LogP contribution in [0, 0.1) is 0 Å². The molecule has 0 aliphatic carbocycles. The maximum absolute atomic E-state index is 13.1. The third-order valence-electron chi connectivity index (χ3n) is 8.98. The fraction of sp³-hybridized carbons (Fsp3) is 0.500. The summed E-state index contributed by atoms with van der Waals surface area (Å²) in [6.07, 6.45) is -3.25. The van der Waals surface area contributed by atoms with E-state index in [1.165, 1.54) is 0 Å². The minimum absolute atomic E-state index is 0.129. The normalized spacial score (nSPS) is 19.4. The van der Waals surface area contributed by atoms with Gasteiger partial charge in [0.15, 0.2) is 0 Å². The highest BCUT2D eigenvalue weighted by atomic mass is 32.2. The van der Waals surface area contributed by atoms with Gasteiger partial charge in [0.1, 0.15) is 34.9 Å². The van der Waals surface area contributed by atoms with Gasteiger partial charge in [-0.05, 0) is 67.0 Å². The van der Waals surface area contributed by atoms with Gasteiger partial charge < -0.3 is 19.5 Å². The Morgan fingerprint density at radius 2 is 1.60 bits per heavy atom. The topological polar surface area (TPSA) is 94.0 Å². The summed E-state index contributed by atoms with van der Waals surface area (Å²) in [5.74, 6) is -3.63. The van der Waals surface area contributed by atoms with Crippen molar-refractivity contribution < 1.29 is 46.3 Å². The van der Waals surface area contributed by atoms with Crippen LogP contribution < -0.4 is 10.2 Å². The maximum Gasteiger partial charge on any atom is 0.453 e. The summed E-state index contributed by atoms with van der Waals surface area (Å²) in [6, 6.07) is 22.0. The third kappa shape index (κ3) is 10.2. The molecule has 0 radical (unpaired) electrons. The number of halogens is 5. The second-order valence-electron chi connectivity index (χ2n) is 12.6. The molecule has 0 fully saturated rings. The molecular formula is C36H44F5NO5S. The number of phenolic OH excluding ortho intramolecular Hbond substituents is 2. The molecule has 1 aliphatic heterocycles. The first-order valence-electron chi connectivity index (χ1n) is 16.3. The van der Waals surface area contributed by atoms with E-state index in [9.17, 15) is 36.7 Å². The number of fused-ring (bicyclic) bond motifs is 1. The van der Waals surface area contributed by atoms with Gasteiger partial charge in [-0.1, -0.05) is 79.5 Å².